The summed E-state index contributed by atoms with van der Waals surface area (Å²) in [4.78, 5) is 4.70. The van der Waals surface area contributed by atoms with Gasteiger partial charge in [-0.25, -0.2) is 4.98 Å². The van der Waals surface area contributed by atoms with Crippen molar-refractivity contribution in [3.8, 4) is 0 Å². The zero-order chi connectivity index (χ0) is 15.5. The Bertz CT molecular complexity index is 368. The number of aromatic nitrogens is 2. The predicted octanol–water partition coefficient (Wildman–Crippen LogP) is 6.24. The molecule has 1 atom stereocenters. The van der Waals surface area contributed by atoms with Crippen LogP contribution in [0.3, 0.4) is 0 Å². The van der Waals surface area contributed by atoms with Gasteiger partial charge in [-0.3, -0.25) is 0 Å². The lowest BCUT2D eigenvalue weighted by Gasteiger charge is -2.12. The van der Waals surface area contributed by atoms with Gasteiger partial charge >= 0.3 is 0 Å². The van der Waals surface area contributed by atoms with Gasteiger partial charge in [0.15, 0.2) is 0 Å². The van der Waals surface area contributed by atoms with Crippen molar-refractivity contribution in [3.63, 3.8) is 0 Å². The number of hydrogen-bond acceptors (Lipinski definition) is 1. The Morgan fingerprint density at radius 1 is 0.952 bits per heavy atom. The molecular weight excluding hydrogens is 256 g/mol. The number of nitrogens with zero attached hydrogens (tertiary/aromatic N) is 2. The fourth-order valence-electron chi connectivity index (χ4n) is 3.10. The van der Waals surface area contributed by atoms with Crippen LogP contribution >= 0.6 is 0 Å². The zero-order valence-electron chi connectivity index (χ0n) is 14.8. The molecule has 2 nitrogen and oxygen atoms in total. The first kappa shape index (κ1) is 18.3. The number of aryl methyl sites for hydroxylation is 2. The van der Waals surface area contributed by atoms with Crippen LogP contribution in [0.5, 0.6) is 0 Å². The summed E-state index contributed by atoms with van der Waals surface area (Å²) in [5.41, 5.74) is 1.16. The van der Waals surface area contributed by atoms with E-state index in [0.29, 0.717) is 5.92 Å². The number of imidazole rings is 1. The molecule has 1 unspecified atom stereocenters. The Balaban J connectivity index is 2.09. The van der Waals surface area contributed by atoms with E-state index in [2.05, 4.69) is 38.5 Å². The van der Waals surface area contributed by atoms with E-state index in [1.54, 1.807) is 0 Å². The van der Waals surface area contributed by atoms with Gasteiger partial charge < -0.3 is 4.57 Å². The SMILES string of the molecule is CCCCCCCCCCCC(C)c1nc(C)cn1CC. The topological polar surface area (TPSA) is 17.8 Å². The van der Waals surface area contributed by atoms with Crippen molar-refractivity contribution in [2.75, 3.05) is 0 Å². The molecule has 1 rings (SSSR count). The van der Waals surface area contributed by atoms with Crippen LogP contribution in [0.4, 0.5) is 0 Å². The molecule has 0 N–H and O–H groups in total. The summed E-state index contributed by atoms with van der Waals surface area (Å²) < 4.78 is 2.31. The number of rotatable bonds is 12. The van der Waals surface area contributed by atoms with Gasteiger partial charge in [0.2, 0.25) is 0 Å². The molecule has 0 aliphatic rings. The Labute approximate surface area is 132 Å². The summed E-state index contributed by atoms with van der Waals surface area (Å²) in [5, 5.41) is 0. The molecule has 1 aromatic rings. The molecule has 2 heteroatoms. The summed E-state index contributed by atoms with van der Waals surface area (Å²) in [6.07, 6.45) is 16.1. The van der Waals surface area contributed by atoms with Crippen molar-refractivity contribution >= 4 is 0 Å². The minimum absolute atomic E-state index is 0.600. The van der Waals surface area contributed by atoms with Crippen LogP contribution in [0, 0.1) is 6.92 Å². The third-order valence-corrected chi connectivity index (χ3v) is 4.45. The molecule has 0 aliphatic carbocycles. The van der Waals surface area contributed by atoms with E-state index < -0.39 is 0 Å². The second-order valence-electron chi connectivity index (χ2n) is 6.54. The van der Waals surface area contributed by atoms with Crippen LogP contribution in [0.15, 0.2) is 6.20 Å². The lowest BCUT2D eigenvalue weighted by Crippen LogP contribution is -2.05. The van der Waals surface area contributed by atoms with E-state index >= 15 is 0 Å². The number of unbranched alkanes of at least 4 members (excludes halogenated alkanes) is 8. The molecule has 0 saturated carbocycles. The Hall–Kier alpha value is -0.790. The quantitative estimate of drug-likeness (QED) is 0.417. The van der Waals surface area contributed by atoms with Gasteiger partial charge in [-0.2, -0.15) is 0 Å². The highest BCUT2D eigenvalue weighted by Gasteiger charge is 2.12. The van der Waals surface area contributed by atoms with Crippen LogP contribution < -0.4 is 0 Å². The average molecular weight is 293 g/mol. The molecule has 0 bridgehead atoms. The third-order valence-electron chi connectivity index (χ3n) is 4.45. The lowest BCUT2D eigenvalue weighted by atomic mass is 10.0. The monoisotopic (exact) mass is 292 g/mol. The summed E-state index contributed by atoms with van der Waals surface area (Å²) in [7, 11) is 0. The minimum atomic E-state index is 0.600. The van der Waals surface area contributed by atoms with E-state index in [0.717, 1.165) is 12.2 Å². The summed E-state index contributed by atoms with van der Waals surface area (Å²) >= 11 is 0. The van der Waals surface area contributed by atoms with Crippen molar-refractivity contribution in [2.45, 2.75) is 104 Å². The van der Waals surface area contributed by atoms with Gasteiger partial charge in [-0.1, -0.05) is 71.6 Å². The zero-order valence-corrected chi connectivity index (χ0v) is 14.8. The molecule has 1 heterocycles. The molecule has 0 spiro atoms. The Morgan fingerprint density at radius 2 is 1.52 bits per heavy atom. The van der Waals surface area contributed by atoms with E-state index in [-0.39, 0.29) is 0 Å². The molecule has 0 aliphatic heterocycles. The second kappa shape index (κ2) is 10.9. The molecule has 0 amide bonds. The first-order chi connectivity index (χ1) is 10.2. The van der Waals surface area contributed by atoms with Gasteiger partial charge in [0, 0.05) is 18.7 Å². The van der Waals surface area contributed by atoms with Crippen molar-refractivity contribution in [1.29, 1.82) is 0 Å². The molecule has 0 fully saturated rings. The molecule has 0 radical (unpaired) electrons. The van der Waals surface area contributed by atoms with Gasteiger partial charge in [-0.15, -0.1) is 0 Å². The summed E-state index contributed by atoms with van der Waals surface area (Å²) in [6, 6.07) is 0. The summed E-state index contributed by atoms with van der Waals surface area (Å²) in [6.45, 7) is 9.96. The van der Waals surface area contributed by atoms with Crippen molar-refractivity contribution < 1.29 is 0 Å². The maximum absolute atomic E-state index is 4.70. The standard InChI is InChI=1S/C19H36N2/c1-5-7-8-9-10-11-12-13-14-15-17(3)19-20-18(4)16-21(19)6-2/h16-17H,5-15H2,1-4H3. The van der Waals surface area contributed by atoms with Gasteiger partial charge in [-0.05, 0) is 20.3 Å². The lowest BCUT2D eigenvalue weighted by molar-refractivity contribution is 0.519. The van der Waals surface area contributed by atoms with Crippen LogP contribution in [-0.4, -0.2) is 9.55 Å². The predicted molar refractivity (Wildman–Crippen MR) is 92.9 cm³/mol. The molecule has 0 aromatic carbocycles. The van der Waals surface area contributed by atoms with E-state index in [1.807, 2.05) is 0 Å². The largest absolute Gasteiger partial charge is 0.335 e. The summed E-state index contributed by atoms with van der Waals surface area (Å²) in [5.74, 6) is 1.89. The van der Waals surface area contributed by atoms with E-state index in [1.165, 1.54) is 70.0 Å². The van der Waals surface area contributed by atoms with Gasteiger partial charge in [0.25, 0.3) is 0 Å². The van der Waals surface area contributed by atoms with Crippen molar-refractivity contribution in [2.24, 2.45) is 0 Å². The van der Waals surface area contributed by atoms with E-state index in [9.17, 15) is 0 Å². The molecule has 0 saturated heterocycles. The van der Waals surface area contributed by atoms with Crippen molar-refractivity contribution in [1.82, 2.24) is 9.55 Å². The third kappa shape index (κ3) is 7.15. The fourth-order valence-corrected chi connectivity index (χ4v) is 3.10. The average Bonchev–Trinajstić information content (AvgIpc) is 2.86. The highest BCUT2D eigenvalue weighted by Crippen LogP contribution is 2.22. The Kier molecular flexibility index (Phi) is 9.45. The van der Waals surface area contributed by atoms with Crippen molar-refractivity contribution in [3.05, 3.63) is 17.7 Å². The first-order valence-corrected chi connectivity index (χ1v) is 9.22. The minimum Gasteiger partial charge on any atom is -0.335 e. The molecule has 122 valence electrons. The van der Waals surface area contributed by atoms with Gasteiger partial charge in [0.1, 0.15) is 5.82 Å². The fraction of sp³-hybridized carbons (Fsp3) is 0.842. The Morgan fingerprint density at radius 3 is 2.10 bits per heavy atom. The highest BCUT2D eigenvalue weighted by atomic mass is 15.1. The smallest absolute Gasteiger partial charge is 0.111 e. The van der Waals surface area contributed by atoms with E-state index in [4.69, 9.17) is 4.98 Å². The highest BCUT2D eigenvalue weighted by molar-refractivity contribution is 5.06. The maximum Gasteiger partial charge on any atom is 0.111 e. The first-order valence-electron chi connectivity index (χ1n) is 9.22. The molecular formula is C19H36N2. The van der Waals surface area contributed by atoms with Crippen LogP contribution in [0.2, 0.25) is 0 Å². The number of hydrogen-bond donors (Lipinski definition) is 0. The van der Waals surface area contributed by atoms with Crippen LogP contribution in [0.25, 0.3) is 0 Å². The van der Waals surface area contributed by atoms with Gasteiger partial charge in [0.05, 0.1) is 5.69 Å². The maximum atomic E-state index is 4.70. The second-order valence-corrected chi connectivity index (χ2v) is 6.54. The van der Waals surface area contributed by atoms with Crippen LogP contribution in [0.1, 0.15) is 102 Å². The molecule has 1 aromatic heterocycles. The van der Waals surface area contributed by atoms with Crippen LogP contribution in [-0.2, 0) is 6.54 Å². The molecule has 21 heavy (non-hydrogen) atoms. The normalized spacial score (nSPS) is 12.8.